The molecule has 132 valence electrons. The van der Waals surface area contributed by atoms with E-state index in [4.69, 9.17) is 10.5 Å². The Morgan fingerprint density at radius 2 is 1.72 bits per heavy atom. The Morgan fingerprint density at radius 1 is 1.12 bits per heavy atom. The minimum Gasteiger partial charge on any atom is -0.497 e. The van der Waals surface area contributed by atoms with Crippen LogP contribution in [0.1, 0.15) is 36.4 Å². The summed E-state index contributed by atoms with van der Waals surface area (Å²) in [7, 11) is 1.61. The fraction of sp³-hybridized carbons (Fsp3) is 0.350. The van der Waals surface area contributed by atoms with E-state index < -0.39 is 0 Å². The molecular formula is C20H23FN2O2. The molecule has 1 saturated carbocycles. The van der Waals surface area contributed by atoms with Crippen molar-refractivity contribution in [3.63, 3.8) is 0 Å². The molecule has 1 aliphatic carbocycles. The minimum absolute atomic E-state index is 0.00177. The average molecular weight is 342 g/mol. The molecule has 1 fully saturated rings. The number of rotatable bonds is 5. The predicted octanol–water partition coefficient (Wildman–Crippen LogP) is 3.17. The largest absolute Gasteiger partial charge is 0.497 e. The standard InChI is InChI=1S/C20H23FN2O2/c1-25-18-10-5-14(6-11-18)19(13-2-7-16(21)8-3-13)23-20(24)15-4-9-17(22)12-15/h2-3,5-8,10-11,15,17,19H,4,9,12,22H2,1H3,(H,23,24). The van der Waals surface area contributed by atoms with E-state index in [1.54, 1.807) is 19.2 Å². The lowest BCUT2D eigenvalue weighted by molar-refractivity contribution is -0.125. The summed E-state index contributed by atoms with van der Waals surface area (Å²) in [5, 5.41) is 3.11. The highest BCUT2D eigenvalue weighted by molar-refractivity contribution is 5.80. The summed E-state index contributed by atoms with van der Waals surface area (Å²) in [6.07, 6.45) is 2.40. The zero-order valence-corrected chi connectivity index (χ0v) is 14.2. The van der Waals surface area contributed by atoms with Gasteiger partial charge in [0.05, 0.1) is 13.2 Å². The fourth-order valence-corrected chi connectivity index (χ4v) is 3.33. The zero-order valence-electron chi connectivity index (χ0n) is 14.2. The van der Waals surface area contributed by atoms with Crippen LogP contribution in [0.25, 0.3) is 0 Å². The van der Waals surface area contributed by atoms with Crippen molar-refractivity contribution in [3.8, 4) is 5.75 Å². The highest BCUT2D eigenvalue weighted by Crippen LogP contribution is 2.28. The monoisotopic (exact) mass is 342 g/mol. The van der Waals surface area contributed by atoms with Crippen LogP contribution in [0.3, 0.4) is 0 Å². The highest BCUT2D eigenvalue weighted by atomic mass is 19.1. The molecule has 3 N–H and O–H groups in total. The van der Waals surface area contributed by atoms with Crippen molar-refractivity contribution in [2.45, 2.75) is 31.3 Å². The summed E-state index contributed by atoms with van der Waals surface area (Å²) in [4.78, 5) is 12.7. The van der Waals surface area contributed by atoms with Gasteiger partial charge in [0.2, 0.25) is 5.91 Å². The maximum Gasteiger partial charge on any atom is 0.223 e. The number of benzene rings is 2. The number of hydrogen-bond acceptors (Lipinski definition) is 3. The summed E-state index contributed by atoms with van der Waals surface area (Å²) < 4.78 is 18.5. The number of amides is 1. The van der Waals surface area contributed by atoms with Crippen molar-refractivity contribution < 1.29 is 13.9 Å². The van der Waals surface area contributed by atoms with Crippen molar-refractivity contribution in [2.24, 2.45) is 11.7 Å². The Kier molecular flexibility index (Phi) is 5.34. The Labute approximate surface area is 147 Å². The third kappa shape index (κ3) is 4.17. The Balaban J connectivity index is 1.85. The molecule has 3 rings (SSSR count). The number of halogens is 1. The van der Waals surface area contributed by atoms with E-state index in [9.17, 15) is 9.18 Å². The van der Waals surface area contributed by atoms with Crippen molar-refractivity contribution in [2.75, 3.05) is 7.11 Å². The van der Waals surface area contributed by atoms with Crippen LogP contribution in [0.5, 0.6) is 5.75 Å². The number of methoxy groups -OCH3 is 1. The summed E-state index contributed by atoms with van der Waals surface area (Å²) in [5.41, 5.74) is 7.68. The van der Waals surface area contributed by atoms with E-state index in [0.29, 0.717) is 6.42 Å². The molecule has 2 aromatic carbocycles. The van der Waals surface area contributed by atoms with Crippen LogP contribution >= 0.6 is 0 Å². The summed E-state index contributed by atoms with van der Waals surface area (Å²) in [6.45, 7) is 0. The van der Waals surface area contributed by atoms with Gasteiger partial charge in [0.25, 0.3) is 0 Å². The molecule has 0 heterocycles. The number of carbonyl (C=O) groups is 1. The Bertz CT molecular complexity index is 715. The number of carbonyl (C=O) groups excluding carboxylic acids is 1. The lowest BCUT2D eigenvalue weighted by atomic mass is 9.97. The molecule has 3 atom stereocenters. The molecule has 0 spiro atoms. The molecule has 4 nitrogen and oxygen atoms in total. The molecule has 0 bridgehead atoms. The van der Waals surface area contributed by atoms with Crippen LogP contribution in [0.15, 0.2) is 48.5 Å². The maximum absolute atomic E-state index is 13.3. The first-order chi connectivity index (χ1) is 12.1. The molecule has 3 unspecified atom stereocenters. The highest BCUT2D eigenvalue weighted by Gasteiger charge is 2.29. The Hall–Kier alpha value is -2.40. The first-order valence-corrected chi connectivity index (χ1v) is 8.52. The van der Waals surface area contributed by atoms with Gasteiger partial charge in [0.15, 0.2) is 0 Å². The second-order valence-electron chi connectivity index (χ2n) is 6.54. The van der Waals surface area contributed by atoms with Crippen LogP contribution < -0.4 is 15.8 Å². The Morgan fingerprint density at radius 3 is 2.24 bits per heavy atom. The second kappa shape index (κ2) is 7.66. The van der Waals surface area contributed by atoms with Crippen LogP contribution in [0.2, 0.25) is 0 Å². The van der Waals surface area contributed by atoms with E-state index in [-0.39, 0.29) is 29.7 Å². The average Bonchev–Trinajstić information content (AvgIpc) is 3.07. The molecule has 0 aliphatic heterocycles. The van der Waals surface area contributed by atoms with E-state index in [0.717, 1.165) is 29.7 Å². The van der Waals surface area contributed by atoms with Crippen LogP contribution in [0, 0.1) is 11.7 Å². The molecule has 0 radical (unpaired) electrons. The van der Waals surface area contributed by atoms with Crippen LogP contribution in [0.4, 0.5) is 4.39 Å². The van der Waals surface area contributed by atoms with Crippen LogP contribution in [-0.2, 0) is 4.79 Å². The summed E-state index contributed by atoms with van der Waals surface area (Å²) in [6, 6.07) is 13.5. The third-order valence-electron chi connectivity index (χ3n) is 4.78. The molecule has 1 amide bonds. The van der Waals surface area contributed by atoms with Crippen molar-refractivity contribution >= 4 is 5.91 Å². The van der Waals surface area contributed by atoms with Crippen LogP contribution in [-0.4, -0.2) is 19.1 Å². The molecule has 0 aromatic heterocycles. The summed E-state index contributed by atoms with van der Waals surface area (Å²) >= 11 is 0. The van der Waals surface area contributed by atoms with E-state index in [2.05, 4.69) is 5.32 Å². The fourth-order valence-electron chi connectivity index (χ4n) is 3.33. The third-order valence-corrected chi connectivity index (χ3v) is 4.78. The number of ether oxygens (including phenoxy) is 1. The first kappa shape index (κ1) is 17.4. The maximum atomic E-state index is 13.3. The normalized spacial score (nSPS) is 20.9. The quantitative estimate of drug-likeness (QED) is 0.877. The zero-order chi connectivity index (χ0) is 17.8. The molecule has 25 heavy (non-hydrogen) atoms. The number of nitrogens with one attached hydrogen (secondary N) is 1. The van der Waals surface area contributed by atoms with Crippen molar-refractivity contribution in [3.05, 3.63) is 65.5 Å². The molecular weight excluding hydrogens is 319 g/mol. The number of nitrogens with two attached hydrogens (primary N) is 1. The van der Waals surface area contributed by atoms with Gasteiger partial charge < -0.3 is 15.8 Å². The molecule has 0 saturated heterocycles. The van der Waals surface area contributed by atoms with Gasteiger partial charge in [-0.2, -0.15) is 0 Å². The molecule has 5 heteroatoms. The molecule has 1 aliphatic rings. The van der Waals surface area contributed by atoms with E-state index in [1.807, 2.05) is 24.3 Å². The van der Waals surface area contributed by atoms with Gasteiger partial charge in [-0.25, -0.2) is 4.39 Å². The topological polar surface area (TPSA) is 64.3 Å². The van der Waals surface area contributed by atoms with Gasteiger partial charge >= 0.3 is 0 Å². The van der Waals surface area contributed by atoms with E-state index >= 15 is 0 Å². The lowest BCUT2D eigenvalue weighted by Crippen LogP contribution is -2.34. The van der Waals surface area contributed by atoms with Gasteiger partial charge in [-0.3, -0.25) is 4.79 Å². The number of hydrogen-bond donors (Lipinski definition) is 2. The molecule has 2 aromatic rings. The predicted molar refractivity (Wildman–Crippen MR) is 94.7 cm³/mol. The minimum atomic E-state index is -0.337. The van der Waals surface area contributed by atoms with Crippen molar-refractivity contribution in [1.29, 1.82) is 0 Å². The van der Waals surface area contributed by atoms with Gasteiger partial charge in [0, 0.05) is 12.0 Å². The van der Waals surface area contributed by atoms with Gasteiger partial charge in [0.1, 0.15) is 11.6 Å². The SMILES string of the molecule is COc1ccc(C(NC(=O)C2CCC(N)C2)c2ccc(F)cc2)cc1. The lowest BCUT2D eigenvalue weighted by Gasteiger charge is -2.22. The smallest absolute Gasteiger partial charge is 0.223 e. The van der Waals surface area contributed by atoms with E-state index in [1.165, 1.54) is 12.1 Å². The summed E-state index contributed by atoms with van der Waals surface area (Å²) in [5.74, 6) is 0.384. The van der Waals surface area contributed by atoms with Gasteiger partial charge in [-0.15, -0.1) is 0 Å². The first-order valence-electron chi connectivity index (χ1n) is 8.52. The van der Waals surface area contributed by atoms with Crippen molar-refractivity contribution in [1.82, 2.24) is 5.32 Å². The van der Waals surface area contributed by atoms with Gasteiger partial charge in [-0.1, -0.05) is 24.3 Å². The second-order valence-corrected chi connectivity index (χ2v) is 6.54. The van der Waals surface area contributed by atoms with Gasteiger partial charge in [-0.05, 0) is 54.7 Å².